The Morgan fingerprint density at radius 1 is 0.440 bits per heavy atom. The van der Waals surface area contributed by atoms with E-state index < -0.39 is 0 Å². The van der Waals surface area contributed by atoms with Crippen molar-refractivity contribution in [2.24, 2.45) is 0 Å². The number of rotatable bonds is 4. The second kappa shape index (κ2) is 12.3. The summed E-state index contributed by atoms with van der Waals surface area (Å²) < 4.78 is 0.879. The van der Waals surface area contributed by atoms with Crippen LogP contribution in [0.25, 0.3) is 90.9 Å². The molecule has 0 atom stereocenters. The summed E-state index contributed by atoms with van der Waals surface area (Å²) in [5, 5.41) is 0. The van der Waals surface area contributed by atoms with Gasteiger partial charge in [0.25, 0.3) is 0 Å². The van der Waals surface area contributed by atoms with Gasteiger partial charge in [0.1, 0.15) is 7.85 Å². The van der Waals surface area contributed by atoms with Crippen LogP contribution in [0.4, 0.5) is 0 Å². The molecule has 9 rings (SSSR count). The van der Waals surface area contributed by atoms with Crippen molar-refractivity contribution >= 4 is 75.6 Å². The minimum atomic E-state index is 0.816. The molecule has 2 aliphatic heterocycles. The Hall–Kier alpha value is -6.26. The molecule has 50 heavy (non-hydrogen) atoms. The van der Waals surface area contributed by atoms with Gasteiger partial charge in [0.2, 0.25) is 0 Å². The lowest BCUT2D eigenvalue weighted by Gasteiger charge is -2.07. The van der Waals surface area contributed by atoms with Crippen LogP contribution < -0.4 is 5.46 Å². The minimum absolute atomic E-state index is 0.816. The van der Waals surface area contributed by atoms with Crippen molar-refractivity contribution in [1.82, 2.24) is 39.9 Å². The first-order valence-corrected chi connectivity index (χ1v) is 16.9. The maximum atomic E-state index is 5.32. The van der Waals surface area contributed by atoms with Crippen molar-refractivity contribution in [3.63, 3.8) is 0 Å². The van der Waals surface area contributed by atoms with Gasteiger partial charge in [-0.05, 0) is 106 Å². The molecule has 8 nitrogen and oxygen atoms in total. The Labute approximate surface area is 296 Å². The largest absolute Gasteiger partial charge is 0.354 e. The molecule has 0 aliphatic carbocycles. The molecule has 7 aromatic rings. The zero-order valence-corrected chi connectivity index (χ0v) is 28.3. The van der Waals surface area contributed by atoms with Crippen LogP contribution in [0.3, 0.4) is 0 Å². The molecule has 8 bridgehead atoms. The zero-order chi connectivity index (χ0) is 33.6. The monoisotopic (exact) mass is 708 g/mol. The molecule has 10 heteroatoms. The quantitative estimate of drug-likeness (QED) is 0.180. The molecule has 236 valence electrons. The number of nitrogens with zero attached hydrogens (tertiary/aromatic N) is 6. The summed E-state index contributed by atoms with van der Waals surface area (Å²) in [6.07, 6.45) is 23.0. The number of aromatic nitrogens is 8. The lowest BCUT2D eigenvalue weighted by molar-refractivity contribution is 1.28. The highest BCUT2D eigenvalue weighted by Crippen LogP contribution is 2.38. The van der Waals surface area contributed by atoms with Crippen molar-refractivity contribution in [3.8, 4) is 44.5 Å². The van der Waals surface area contributed by atoms with E-state index in [1.807, 2.05) is 67.6 Å². The highest BCUT2D eigenvalue weighted by molar-refractivity contribution is 9.10. The van der Waals surface area contributed by atoms with E-state index in [1.54, 1.807) is 6.20 Å². The van der Waals surface area contributed by atoms with Crippen LogP contribution in [-0.2, 0) is 0 Å². The number of nitrogens with one attached hydrogen (secondary N) is 2. The van der Waals surface area contributed by atoms with Gasteiger partial charge in [0, 0.05) is 109 Å². The average Bonchev–Trinajstić information content (AvgIpc) is 3.97. The normalized spacial score (nSPS) is 12.0. The third-order valence-electron chi connectivity index (χ3n) is 8.85. The molecule has 0 fully saturated rings. The fraction of sp³-hybridized carbons (Fsp3) is 0. The number of fused-ring (bicyclic) bond motifs is 8. The SMILES string of the molecule is Bc1cncc(-c2c3nc(c(-c4ccncc4)c4ccc([nH]4)c(-c4cncc(Br)c4)c4nc(c(-c5ccncc5)c5ccc2[nH]5)C=C4)C=C3)c1. The lowest BCUT2D eigenvalue weighted by atomic mass is 9.94. The third-order valence-corrected chi connectivity index (χ3v) is 9.28. The first-order valence-electron chi connectivity index (χ1n) is 16.1. The number of halogens is 1. The molecule has 9 heterocycles. The average molecular weight is 709 g/mol. The van der Waals surface area contributed by atoms with Crippen LogP contribution in [0.15, 0.2) is 115 Å². The van der Waals surface area contributed by atoms with E-state index >= 15 is 0 Å². The van der Waals surface area contributed by atoms with Crippen molar-refractivity contribution in [3.05, 3.63) is 137 Å². The van der Waals surface area contributed by atoms with Crippen molar-refractivity contribution < 1.29 is 0 Å². The van der Waals surface area contributed by atoms with E-state index in [1.165, 1.54) is 0 Å². The second-order valence-corrected chi connectivity index (χ2v) is 13.0. The first kappa shape index (κ1) is 29.9. The molecule has 0 spiro atoms. The Morgan fingerprint density at radius 2 is 0.840 bits per heavy atom. The van der Waals surface area contributed by atoms with Gasteiger partial charge in [-0.2, -0.15) is 0 Å². The summed E-state index contributed by atoms with van der Waals surface area (Å²) in [6, 6.07) is 20.7. The molecule has 7 aromatic heterocycles. The van der Waals surface area contributed by atoms with Gasteiger partial charge in [-0.15, -0.1) is 0 Å². The van der Waals surface area contributed by atoms with Gasteiger partial charge in [0.15, 0.2) is 0 Å². The molecule has 2 N–H and O–H groups in total. The maximum absolute atomic E-state index is 5.32. The summed E-state index contributed by atoms with van der Waals surface area (Å²) in [6.45, 7) is 0. The molecule has 0 unspecified atom stereocenters. The topological polar surface area (TPSA) is 109 Å². The number of pyridine rings is 4. The van der Waals surface area contributed by atoms with Crippen molar-refractivity contribution in [1.29, 1.82) is 0 Å². The Balaban J connectivity index is 1.49. The van der Waals surface area contributed by atoms with Crippen LogP contribution in [0, 0.1) is 0 Å². The number of hydrogen-bond donors (Lipinski definition) is 2. The highest BCUT2D eigenvalue weighted by atomic mass is 79.9. The van der Waals surface area contributed by atoms with E-state index in [0.717, 1.165) is 99.3 Å². The lowest BCUT2D eigenvalue weighted by Crippen LogP contribution is -2.03. The van der Waals surface area contributed by atoms with Crippen molar-refractivity contribution in [2.75, 3.05) is 0 Å². The van der Waals surface area contributed by atoms with Gasteiger partial charge in [0.05, 0.1) is 22.8 Å². The molecule has 0 saturated carbocycles. The third kappa shape index (κ3) is 5.36. The van der Waals surface area contributed by atoms with E-state index in [-0.39, 0.29) is 0 Å². The summed E-state index contributed by atoms with van der Waals surface area (Å²) in [5.41, 5.74) is 15.7. The zero-order valence-electron chi connectivity index (χ0n) is 26.8. The fourth-order valence-electron chi connectivity index (χ4n) is 6.70. The molecule has 0 aromatic carbocycles. The van der Waals surface area contributed by atoms with E-state index in [2.05, 4.69) is 114 Å². The molecular formula is C40H26BBrN8. The van der Waals surface area contributed by atoms with Gasteiger partial charge in [-0.25, -0.2) is 9.97 Å². The maximum Gasteiger partial charge on any atom is 0.141 e. The van der Waals surface area contributed by atoms with Gasteiger partial charge in [-0.3, -0.25) is 19.9 Å². The predicted octanol–water partition coefficient (Wildman–Crippen LogP) is 7.92. The van der Waals surface area contributed by atoms with Crippen molar-refractivity contribution in [2.45, 2.75) is 0 Å². The minimum Gasteiger partial charge on any atom is -0.354 e. The molecule has 2 aliphatic rings. The van der Waals surface area contributed by atoms with E-state index in [9.17, 15) is 0 Å². The fourth-order valence-corrected chi connectivity index (χ4v) is 7.06. The van der Waals surface area contributed by atoms with Gasteiger partial charge < -0.3 is 9.97 Å². The molecular weight excluding hydrogens is 683 g/mol. The van der Waals surface area contributed by atoms with E-state index in [0.29, 0.717) is 0 Å². The smallest absolute Gasteiger partial charge is 0.141 e. The second-order valence-electron chi connectivity index (χ2n) is 12.1. The summed E-state index contributed by atoms with van der Waals surface area (Å²) >= 11 is 3.64. The number of aromatic amines is 2. The van der Waals surface area contributed by atoms with Crippen LogP contribution in [-0.4, -0.2) is 47.7 Å². The van der Waals surface area contributed by atoms with Crippen LogP contribution in [0.5, 0.6) is 0 Å². The summed E-state index contributed by atoms with van der Waals surface area (Å²) in [5.74, 6) is 0. The molecule has 0 radical (unpaired) electrons. The predicted molar refractivity (Wildman–Crippen MR) is 208 cm³/mol. The number of hydrogen-bond acceptors (Lipinski definition) is 6. The Bertz CT molecular complexity index is 2490. The molecule has 0 saturated heterocycles. The van der Waals surface area contributed by atoms with Crippen LogP contribution >= 0.6 is 15.9 Å². The summed E-state index contributed by atoms with van der Waals surface area (Å²) in [4.78, 5) is 35.8. The standard InChI is InChI=1S/C40H26BBrN8/c41-27-17-25(19-45-21-27)39-33-5-1-29(47-33)37(23-9-13-43-14-10-23)31-3-7-35(49-31)40(26-18-28(42)22-46-20-26)36-8-4-32(50-36)38(24-11-15-44-16-12-24)30-2-6-34(39)48-30/h1-22,47,50H,41H2. The Morgan fingerprint density at radius 3 is 1.26 bits per heavy atom. The van der Waals surface area contributed by atoms with Crippen LogP contribution in [0.1, 0.15) is 22.8 Å². The van der Waals surface area contributed by atoms with E-state index in [4.69, 9.17) is 9.97 Å². The molecule has 0 amide bonds. The summed E-state index contributed by atoms with van der Waals surface area (Å²) in [7, 11) is 2.05. The van der Waals surface area contributed by atoms with Gasteiger partial charge in [-0.1, -0.05) is 11.5 Å². The van der Waals surface area contributed by atoms with Crippen LogP contribution in [0.2, 0.25) is 0 Å². The first-order chi connectivity index (χ1) is 24.6. The highest BCUT2D eigenvalue weighted by Gasteiger charge is 2.19. The number of H-pyrrole nitrogens is 2. The Kier molecular flexibility index (Phi) is 7.36. The van der Waals surface area contributed by atoms with Gasteiger partial charge >= 0.3 is 0 Å².